The van der Waals surface area contributed by atoms with Gasteiger partial charge in [-0.1, -0.05) is 24.8 Å². The Kier molecular flexibility index (Phi) is 6.92. The molecule has 0 spiro atoms. The number of hydrogen-bond donors (Lipinski definition) is 3. The molecule has 0 bridgehead atoms. The molecule has 1 unspecified atom stereocenters. The second kappa shape index (κ2) is 9.62. The minimum atomic E-state index is -4.78. The molecule has 3 rings (SSSR count). The van der Waals surface area contributed by atoms with Crippen LogP contribution in [0.1, 0.15) is 18.1 Å². The number of ether oxygens (including phenoxy) is 2. The van der Waals surface area contributed by atoms with Crippen molar-refractivity contribution in [2.75, 3.05) is 30.3 Å². The molecule has 164 valence electrons. The van der Waals surface area contributed by atoms with E-state index in [1.54, 1.807) is 6.07 Å². The number of carbonyl (C=O) groups is 1. The summed E-state index contributed by atoms with van der Waals surface area (Å²) >= 11 is 0. The van der Waals surface area contributed by atoms with Crippen LogP contribution in [0.15, 0.2) is 36.4 Å². The van der Waals surface area contributed by atoms with Gasteiger partial charge in [0.15, 0.2) is 6.10 Å². The van der Waals surface area contributed by atoms with Crippen molar-refractivity contribution in [1.82, 2.24) is 5.32 Å². The zero-order chi connectivity index (χ0) is 22.4. The summed E-state index contributed by atoms with van der Waals surface area (Å²) in [7, 11) is 0. The van der Waals surface area contributed by atoms with Crippen LogP contribution in [0.2, 0.25) is 0 Å². The van der Waals surface area contributed by atoms with Gasteiger partial charge >= 0.3 is 6.36 Å². The zero-order valence-corrected chi connectivity index (χ0v) is 17.0. The number of amides is 1. The number of anilines is 2. The fourth-order valence-corrected chi connectivity index (χ4v) is 2.90. The fraction of sp³-hybridized carbons (Fsp3) is 0.318. The first-order valence-electron chi connectivity index (χ1n) is 9.66. The highest BCUT2D eigenvalue weighted by atomic mass is 19.4. The summed E-state index contributed by atoms with van der Waals surface area (Å²) in [4.78, 5) is 12.7. The predicted octanol–water partition coefficient (Wildman–Crippen LogP) is 3.67. The van der Waals surface area contributed by atoms with Gasteiger partial charge in [0.2, 0.25) is 0 Å². The van der Waals surface area contributed by atoms with Crippen LogP contribution >= 0.6 is 0 Å². The molecule has 1 amide bonds. The first kappa shape index (κ1) is 22.3. The Morgan fingerprint density at radius 2 is 2.10 bits per heavy atom. The summed E-state index contributed by atoms with van der Waals surface area (Å²) in [6.45, 7) is 5.35. The lowest BCUT2D eigenvalue weighted by atomic mass is 10.1. The first-order chi connectivity index (χ1) is 14.7. The second-order valence-corrected chi connectivity index (χ2v) is 6.81. The number of halogens is 3. The van der Waals surface area contributed by atoms with Gasteiger partial charge in [0, 0.05) is 11.6 Å². The molecule has 9 heteroatoms. The molecule has 1 atom stereocenters. The van der Waals surface area contributed by atoms with E-state index in [1.807, 2.05) is 26.0 Å². The van der Waals surface area contributed by atoms with Crippen LogP contribution in [0.5, 0.6) is 11.5 Å². The van der Waals surface area contributed by atoms with Gasteiger partial charge < -0.3 is 25.4 Å². The average Bonchev–Trinajstić information content (AvgIpc) is 2.71. The summed E-state index contributed by atoms with van der Waals surface area (Å²) in [6, 6.07) is 9.15. The largest absolute Gasteiger partial charge is 0.573 e. The molecule has 1 aliphatic heterocycles. The average molecular weight is 433 g/mol. The number of carbonyl (C=O) groups excluding carboxylic acids is 1. The van der Waals surface area contributed by atoms with Gasteiger partial charge in [0.25, 0.3) is 5.91 Å². The number of hydrogen-bond acceptors (Lipinski definition) is 5. The molecule has 0 saturated heterocycles. The molecule has 0 aromatic heterocycles. The molecule has 1 heterocycles. The summed E-state index contributed by atoms with van der Waals surface area (Å²) in [5.74, 6) is 5.55. The molecular formula is C22H22F3N3O3. The van der Waals surface area contributed by atoms with E-state index in [9.17, 15) is 18.0 Å². The second-order valence-electron chi connectivity index (χ2n) is 6.81. The summed E-state index contributed by atoms with van der Waals surface area (Å²) in [5.41, 5.74) is 2.57. The Hall–Kier alpha value is -3.38. The molecule has 31 heavy (non-hydrogen) atoms. The Morgan fingerprint density at radius 3 is 2.84 bits per heavy atom. The maximum atomic E-state index is 12.7. The van der Waals surface area contributed by atoms with E-state index in [1.165, 1.54) is 12.1 Å². The van der Waals surface area contributed by atoms with Crippen LogP contribution < -0.4 is 25.4 Å². The fourth-order valence-electron chi connectivity index (χ4n) is 2.90. The van der Waals surface area contributed by atoms with Crippen LogP contribution in [-0.2, 0) is 4.79 Å². The van der Waals surface area contributed by atoms with Crippen LogP contribution in [0, 0.1) is 18.8 Å². The summed E-state index contributed by atoms with van der Waals surface area (Å²) in [5, 5.41) is 8.84. The van der Waals surface area contributed by atoms with Crippen molar-refractivity contribution in [3.05, 3.63) is 47.5 Å². The van der Waals surface area contributed by atoms with E-state index in [0.29, 0.717) is 23.5 Å². The lowest BCUT2D eigenvalue weighted by Crippen LogP contribution is -2.41. The van der Waals surface area contributed by atoms with Crippen LogP contribution in [-0.4, -0.2) is 38.0 Å². The van der Waals surface area contributed by atoms with Gasteiger partial charge in [0.05, 0.1) is 24.5 Å². The SMILES string of the molecule is CCNCC#Cc1cc(C)ccc1NC(=O)C1CNc2cc(OC(F)(F)F)ccc2O1. The number of fused-ring (bicyclic) bond motifs is 1. The van der Waals surface area contributed by atoms with Gasteiger partial charge in [-0.15, -0.1) is 13.2 Å². The molecular weight excluding hydrogens is 411 g/mol. The van der Waals surface area contributed by atoms with E-state index >= 15 is 0 Å². The maximum Gasteiger partial charge on any atom is 0.573 e. The van der Waals surface area contributed by atoms with E-state index < -0.39 is 18.4 Å². The van der Waals surface area contributed by atoms with E-state index in [0.717, 1.165) is 18.2 Å². The Labute approximate surface area is 178 Å². The van der Waals surface area contributed by atoms with Crippen LogP contribution in [0.4, 0.5) is 24.5 Å². The normalized spacial score (nSPS) is 14.9. The van der Waals surface area contributed by atoms with Gasteiger partial charge in [0.1, 0.15) is 11.5 Å². The minimum absolute atomic E-state index is 0.0849. The zero-order valence-electron chi connectivity index (χ0n) is 17.0. The minimum Gasteiger partial charge on any atom is -0.477 e. The molecule has 2 aromatic rings. The van der Waals surface area contributed by atoms with Crippen molar-refractivity contribution in [2.24, 2.45) is 0 Å². The van der Waals surface area contributed by atoms with Crippen molar-refractivity contribution in [1.29, 1.82) is 0 Å². The Morgan fingerprint density at radius 1 is 1.29 bits per heavy atom. The maximum absolute atomic E-state index is 12.7. The lowest BCUT2D eigenvalue weighted by molar-refractivity contribution is -0.274. The summed E-state index contributed by atoms with van der Waals surface area (Å²) < 4.78 is 46.7. The molecule has 0 saturated carbocycles. The number of aryl methyl sites for hydroxylation is 1. The first-order valence-corrected chi connectivity index (χ1v) is 9.66. The molecule has 3 N–H and O–H groups in total. The van der Waals surface area contributed by atoms with Crippen LogP contribution in [0.25, 0.3) is 0 Å². The number of nitrogens with one attached hydrogen (secondary N) is 3. The molecule has 2 aromatic carbocycles. The van der Waals surface area contributed by atoms with Gasteiger partial charge in [-0.2, -0.15) is 0 Å². The highest BCUT2D eigenvalue weighted by molar-refractivity contribution is 5.96. The van der Waals surface area contributed by atoms with Crippen LogP contribution in [0.3, 0.4) is 0 Å². The highest BCUT2D eigenvalue weighted by Crippen LogP contribution is 2.34. The number of benzene rings is 2. The predicted molar refractivity (Wildman–Crippen MR) is 111 cm³/mol. The van der Waals surface area contributed by atoms with Crippen molar-refractivity contribution in [3.63, 3.8) is 0 Å². The molecule has 6 nitrogen and oxygen atoms in total. The van der Waals surface area contributed by atoms with Crippen molar-refractivity contribution in [3.8, 4) is 23.3 Å². The summed E-state index contributed by atoms with van der Waals surface area (Å²) in [6.07, 6.45) is -5.65. The van der Waals surface area contributed by atoms with Crippen molar-refractivity contribution < 1.29 is 27.4 Å². The molecule has 0 radical (unpaired) electrons. The Bertz CT molecular complexity index is 1010. The third-order valence-corrected chi connectivity index (χ3v) is 4.34. The number of alkyl halides is 3. The standard InChI is InChI=1S/C22H22F3N3O3/c1-3-26-10-4-5-15-11-14(2)6-8-17(15)28-21(29)20-13-27-18-12-16(31-22(23,24)25)7-9-19(18)30-20/h6-9,11-12,20,26-27H,3,10,13H2,1-2H3,(H,28,29). The van der Waals surface area contributed by atoms with Crippen molar-refractivity contribution >= 4 is 17.3 Å². The van der Waals surface area contributed by atoms with E-state index in [-0.39, 0.29) is 18.0 Å². The van der Waals surface area contributed by atoms with Gasteiger partial charge in [-0.3, -0.25) is 4.79 Å². The topological polar surface area (TPSA) is 71.6 Å². The van der Waals surface area contributed by atoms with E-state index in [4.69, 9.17) is 4.74 Å². The smallest absolute Gasteiger partial charge is 0.477 e. The van der Waals surface area contributed by atoms with E-state index in [2.05, 4.69) is 32.5 Å². The number of rotatable bonds is 5. The van der Waals surface area contributed by atoms with Crippen molar-refractivity contribution in [2.45, 2.75) is 26.3 Å². The lowest BCUT2D eigenvalue weighted by Gasteiger charge is -2.27. The molecule has 0 aliphatic carbocycles. The molecule has 0 fully saturated rings. The molecule has 1 aliphatic rings. The van der Waals surface area contributed by atoms with Gasteiger partial charge in [-0.05, 0) is 43.3 Å². The monoisotopic (exact) mass is 433 g/mol. The highest BCUT2D eigenvalue weighted by Gasteiger charge is 2.32. The third kappa shape index (κ3) is 6.30. The Balaban J connectivity index is 1.69. The third-order valence-electron chi connectivity index (χ3n) is 4.34. The van der Waals surface area contributed by atoms with Gasteiger partial charge in [-0.25, -0.2) is 0 Å². The quantitative estimate of drug-likeness (QED) is 0.496.